The Morgan fingerprint density at radius 1 is 1.10 bits per heavy atom. The van der Waals surface area contributed by atoms with Crippen LogP contribution in [0, 0.1) is 5.92 Å². The first-order valence-corrected chi connectivity index (χ1v) is 7.58. The zero-order valence-electron chi connectivity index (χ0n) is 12.6. The molecule has 1 saturated carbocycles. The van der Waals surface area contributed by atoms with Crippen LogP contribution < -0.4 is 15.4 Å². The van der Waals surface area contributed by atoms with E-state index in [1.165, 1.54) is 25.7 Å². The molecular formula is C14H25N5O. The van der Waals surface area contributed by atoms with Crippen LogP contribution in [-0.2, 0) is 0 Å². The van der Waals surface area contributed by atoms with Gasteiger partial charge >= 0.3 is 6.01 Å². The van der Waals surface area contributed by atoms with Crippen LogP contribution in [0.25, 0.3) is 0 Å². The molecule has 2 rings (SSSR count). The summed E-state index contributed by atoms with van der Waals surface area (Å²) in [6.07, 6.45) is 5.33. The van der Waals surface area contributed by atoms with Crippen molar-refractivity contribution in [3.8, 4) is 6.01 Å². The highest BCUT2D eigenvalue weighted by Gasteiger charge is 2.16. The number of aromatic nitrogens is 3. The Morgan fingerprint density at radius 2 is 1.75 bits per heavy atom. The number of nitrogens with zero attached hydrogens (tertiary/aromatic N) is 3. The van der Waals surface area contributed by atoms with Gasteiger partial charge in [0.15, 0.2) is 0 Å². The highest BCUT2D eigenvalue weighted by atomic mass is 16.5. The van der Waals surface area contributed by atoms with E-state index in [2.05, 4.69) is 25.6 Å². The van der Waals surface area contributed by atoms with Crippen LogP contribution in [0.2, 0.25) is 0 Å². The zero-order valence-corrected chi connectivity index (χ0v) is 12.6. The first-order chi connectivity index (χ1) is 9.67. The number of nitrogens with one attached hydrogen (secondary N) is 2. The molecule has 1 aromatic rings. The third-order valence-corrected chi connectivity index (χ3v) is 3.31. The number of ether oxygens (including phenoxy) is 1. The van der Waals surface area contributed by atoms with E-state index < -0.39 is 0 Å². The summed E-state index contributed by atoms with van der Waals surface area (Å²) in [7, 11) is 0. The molecule has 0 amide bonds. The Balaban J connectivity index is 2.02. The molecule has 0 atom stereocenters. The summed E-state index contributed by atoms with van der Waals surface area (Å²) in [5.41, 5.74) is 0. The van der Waals surface area contributed by atoms with Gasteiger partial charge in [-0.25, -0.2) is 0 Å². The van der Waals surface area contributed by atoms with Crippen molar-refractivity contribution < 1.29 is 4.74 Å². The summed E-state index contributed by atoms with van der Waals surface area (Å²) in [6, 6.07) is 0.375. The van der Waals surface area contributed by atoms with Crippen LogP contribution in [-0.4, -0.2) is 34.1 Å². The predicted molar refractivity (Wildman–Crippen MR) is 80.2 cm³/mol. The van der Waals surface area contributed by atoms with Crippen molar-refractivity contribution in [3.05, 3.63) is 0 Å². The van der Waals surface area contributed by atoms with Gasteiger partial charge in [0.05, 0.1) is 6.10 Å². The van der Waals surface area contributed by atoms with E-state index in [0.717, 1.165) is 19.0 Å². The number of hydrogen-bond donors (Lipinski definition) is 2. The van der Waals surface area contributed by atoms with E-state index >= 15 is 0 Å². The summed E-state index contributed by atoms with van der Waals surface area (Å²) in [6.45, 7) is 7.63. The second-order valence-electron chi connectivity index (χ2n) is 5.49. The molecular weight excluding hydrogens is 254 g/mol. The van der Waals surface area contributed by atoms with Gasteiger partial charge in [-0.05, 0) is 39.5 Å². The fourth-order valence-electron chi connectivity index (χ4n) is 2.39. The summed E-state index contributed by atoms with van der Waals surface area (Å²) in [5, 5.41) is 6.42. The lowest BCUT2D eigenvalue weighted by atomic mass is 10.1. The van der Waals surface area contributed by atoms with Crippen molar-refractivity contribution in [2.75, 3.05) is 23.7 Å². The Bertz CT molecular complexity index is 418. The van der Waals surface area contributed by atoms with Crippen LogP contribution in [0.1, 0.15) is 46.5 Å². The summed E-state index contributed by atoms with van der Waals surface area (Å²) in [5.74, 6) is 1.90. The maximum absolute atomic E-state index is 5.57. The second-order valence-corrected chi connectivity index (χ2v) is 5.49. The fraction of sp³-hybridized carbons (Fsp3) is 0.786. The van der Waals surface area contributed by atoms with Crippen molar-refractivity contribution in [2.45, 2.75) is 52.6 Å². The van der Waals surface area contributed by atoms with Gasteiger partial charge in [0, 0.05) is 13.1 Å². The summed E-state index contributed by atoms with van der Waals surface area (Å²) >= 11 is 0. The Hall–Kier alpha value is -1.59. The maximum atomic E-state index is 5.57. The van der Waals surface area contributed by atoms with E-state index in [9.17, 15) is 0 Å². The lowest BCUT2D eigenvalue weighted by molar-refractivity contribution is 0.222. The minimum atomic E-state index is 0.0505. The Morgan fingerprint density at radius 3 is 2.35 bits per heavy atom. The third-order valence-electron chi connectivity index (χ3n) is 3.31. The van der Waals surface area contributed by atoms with Crippen LogP contribution in [0.15, 0.2) is 0 Å². The predicted octanol–water partition coefficient (Wildman–Crippen LogP) is 2.69. The van der Waals surface area contributed by atoms with E-state index in [1.54, 1.807) is 0 Å². The van der Waals surface area contributed by atoms with Gasteiger partial charge in [0.2, 0.25) is 11.9 Å². The average Bonchev–Trinajstić information content (AvgIpc) is 2.89. The minimum absolute atomic E-state index is 0.0505. The van der Waals surface area contributed by atoms with E-state index in [1.807, 2.05) is 20.8 Å². The van der Waals surface area contributed by atoms with Gasteiger partial charge < -0.3 is 15.4 Å². The van der Waals surface area contributed by atoms with Crippen molar-refractivity contribution in [1.29, 1.82) is 0 Å². The van der Waals surface area contributed by atoms with Crippen molar-refractivity contribution in [3.63, 3.8) is 0 Å². The summed E-state index contributed by atoms with van der Waals surface area (Å²) < 4.78 is 5.57. The molecule has 0 aliphatic heterocycles. The van der Waals surface area contributed by atoms with Crippen LogP contribution >= 0.6 is 0 Å². The molecule has 1 heterocycles. The van der Waals surface area contributed by atoms with E-state index in [4.69, 9.17) is 4.74 Å². The average molecular weight is 279 g/mol. The molecule has 20 heavy (non-hydrogen) atoms. The van der Waals surface area contributed by atoms with Crippen molar-refractivity contribution >= 4 is 11.9 Å². The van der Waals surface area contributed by atoms with E-state index in [-0.39, 0.29) is 6.10 Å². The molecule has 1 fully saturated rings. The van der Waals surface area contributed by atoms with E-state index in [0.29, 0.717) is 17.9 Å². The van der Waals surface area contributed by atoms with Crippen molar-refractivity contribution in [2.24, 2.45) is 5.92 Å². The highest BCUT2D eigenvalue weighted by Crippen LogP contribution is 2.24. The summed E-state index contributed by atoms with van der Waals surface area (Å²) in [4.78, 5) is 12.9. The quantitative estimate of drug-likeness (QED) is 0.799. The third kappa shape index (κ3) is 4.51. The second kappa shape index (κ2) is 7.26. The van der Waals surface area contributed by atoms with Gasteiger partial charge in [0.1, 0.15) is 0 Å². The zero-order chi connectivity index (χ0) is 14.4. The molecule has 0 aromatic carbocycles. The monoisotopic (exact) mass is 279 g/mol. The fourth-order valence-corrected chi connectivity index (χ4v) is 2.39. The topological polar surface area (TPSA) is 72.0 Å². The van der Waals surface area contributed by atoms with Gasteiger partial charge in [-0.1, -0.05) is 12.8 Å². The molecule has 0 radical (unpaired) electrons. The largest absolute Gasteiger partial charge is 0.461 e. The molecule has 0 unspecified atom stereocenters. The molecule has 1 aliphatic rings. The molecule has 2 N–H and O–H groups in total. The number of anilines is 2. The minimum Gasteiger partial charge on any atom is -0.461 e. The molecule has 0 bridgehead atoms. The van der Waals surface area contributed by atoms with Gasteiger partial charge in [0.25, 0.3) is 0 Å². The number of hydrogen-bond acceptors (Lipinski definition) is 6. The molecule has 0 spiro atoms. The molecule has 6 heteroatoms. The van der Waals surface area contributed by atoms with Gasteiger partial charge in [-0.3, -0.25) is 0 Å². The highest BCUT2D eigenvalue weighted by molar-refractivity contribution is 5.35. The molecule has 1 aromatic heterocycles. The van der Waals surface area contributed by atoms with Gasteiger partial charge in [-0.15, -0.1) is 0 Å². The lowest BCUT2D eigenvalue weighted by Crippen LogP contribution is -2.16. The Kier molecular flexibility index (Phi) is 5.38. The van der Waals surface area contributed by atoms with Crippen LogP contribution in [0.4, 0.5) is 11.9 Å². The molecule has 6 nitrogen and oxygen atoms in total. The molecule has 112 valence electrons. The SMILES string of the molecule is CCNc1nc(NCC2CCCC2)nc(OC(C)C)n1. The maximum Gasteiger partial charge on any atom is 0.323 e. The molecule has 0 saturated heterocycles. The normalized spacial score (nSPS) is 15.6. The Labute approximate surface area is 120 Å². The first-order valence-electron chi connectivity index (χ1n) is 7.58. The standard InChI is InChI=1S/C14H25N5O/c1-4-15-12-17-13(16-9-11-7-5-6-8-11)19-14(18-12)20-10(2)3/h10-11H,4-9H2,1-3H3,(H2,15,16,17,18,19). The smallest absolute Gasteiger partial charge is 0.323 e. The lowest BCUT2D eigenvalue weighted by Gasteiger charge is -2.13. The van der Waals surface area contributed by atoms with Crippen LogP contribution in [0.3, 0.4) is 0 Å². The molecule has 1 aliphatic carbocycles. The van der Waals surface area contributed by atoms with Crippen molar-refractivity contribution in [1.82, 2.24) is 15.0 Å². The number of rotatable bonds is 7. The van der Waals surface area contributed by atoms with Gasteiger partial charge in [-0.2, -0.15) is 15.0 Å². The first kappa shape index (κ1) is 14.8. The van der Waals surface area contributed by atoms with Crippen LogP contribution in [0.5, 0.6) is 6.01 Å².